The lowest BCUT2D eigenvalue weighted by molar-refractivity contribution is -0.119. The fraction of sp³-hybridized carbons (Fsp3) is 0.400. The lowest BCUT2D eigenvalue weighted by atomic mass is 10.1. The molecule has 0 radical (unpaired) electrons. The number of hydrogen-bond donors (Lipinski definition) is 2. The lowest BCUT2D eigenvalue weighted by Gasteiger charge is -2.05. The number of benzene rings is 2. The van der Waals surface area contributed by atoms with Gasteiger partial charge in [0.1, 0.15) is 6.61 Å². The molecule has 0 saturated carbocycles. The van der Waals surface area contributed by atoms with Crippen molar-refractivity contribution in [3.05, 3.63) is 71.3 Å². The van der Waals surface area contributed by atoms with E-state index >= 15 is 0 Å². The van der Waals surface area contributed by atoms with Crippen LogP contribution in [0.2, 0.25) is 0 Å². The van der Waals surface area contributed by atoms with Crippen LogP contribution in [0.1, 0.15) is 49.3 Å². The van der Waals surface area contributed by atoms with E-state index in [0.717, 1.165) is 37.2 Å². The van der Waals surface area contributed by atoms with Crippen molar-refractivity contribution in [1.29, 1.82) is 0 Å². The van der Waals surface area contributed by atoms with Gasteiger partial charge in [0.15, 0.2) is 0 Å². The van der Waals surface area contributed by atoms with E-state index < -0.39 is 0 Å². The number of carbonyl (C=O) groups excluding carboxylic acids is 1. The van der Waals surface area contributed by atoms with Gasteiger partial charge in [0.05, 0.1) is 0 Å². The molecular weight excluding hydrogens is 360 g/mol. The Bertz CT molecular complexity index is 778. The van der Waals surface area contributed by atoms with Crippen LogP contribution >= 0.6 is 0 Å². The van der Waals surface area contributed by atoms with Crippen LogP contribution in [0.5, 0.6) is 0 Å². The van der Waals surface area contributed by atoms with Crippen molar-refractivity contribution in [1.82, 2.24) is 10.6 Å². The third-order valence-electron chi connectivity index (χ3n) is 4.44. The van der Waals surface area contributed by atoms with Crippen LogP contribution in [0.15, 0.2) is 54.6 Å². The van der Waals surface area contributed by atoms with Gasteiger partial charge in [-0.25, -0.2) is 0 Å². The second-order valence-corrected chi connectivity index (χ2v) is 7.04. The summed E-state index contributed by atoms with van der Waals surface area (Å²) in [4.78, 5) is 11.0. The number of rotatable bonds is 12. The van der Waals surface area contributed by atoms with Crippen molar-refractivity contribution in [2.45, 2.75) is 45.7 Å². The molecule has 0 aliphatic rings. The average Bonchev–Trinajstić information content (AvgIpc) is 2.74. The third kappa shape index (κ3) is 11.1. The molecule has 0 aliphatic heterocycles. The summed E-state index contributed by atoms with van der Waals surface area (Å²) in [6.07, 6.45) is 4.68. The molecule has 0 unspecified atom stereocenters. The van der Waals surface area contributed by atoms with Crippen LogP contribution in [0.25, 0.3) is 0 Å². The average molecular weight is 393 g/mol. The van der Waals surface area contributed by atoms with Gasteiger partial charge in [-0.3, -0.25) is 4.79 Å². The van der Waals surface area contributed by atoms with E-state index in [2.05, 4.69) is 46.7 Å². The summed E-state index contributed by atoms with van der Waals surface area (Å²) in [5.74, 6) is 6.14. The van der Waals surface area contributed by atoms with E-state index in [9.17, 15) is 4.79 Å². The fourth-order valence-corrected chi connectivity index (χ4v) is 2.88. The number of nitrogens with one attached hydrogen (secondary N) is 2. The fourth-order valence-electron chi connectivity index (χ4n) is 2.88. The Morgan fingerprint density at radius 3 is 2.55 bits per heavy atom. The summed E-state index contributed by atoms with van der Waals surface area (Å²) in [5.41, 5.74) is 3.33. The molecule has 2 rings (SSSR count). The molecule has 2 aromatic rings. The van der Waals surface area contributed by atoms with Crippen LogP contribution in [-0.2, 0) is 22.6 Å². The van der Waals surface area contributed by atoms with Gasteiger partial charge >= 0.3 is 0 Å². The zero-order chi connectivity index (χ0) is 20.6. The predicted molar refractivity (Wildman–Crippen MR) is 118 cm³/mol. The molecule has 0 atom stereocenters. The monoisotopic (exact) mass is 392 g/mol. The smallest absolute Gasteiger partial charge is 0.217 e. The first-order chi connectivity index (χ1) is 14.2. The molecule has 0 aliphatic carbocycles. The molecular formula is C25H32N2O2. The van der Waals surface area contributed by atoms with Crippen LogP contribution in [0.4, 0.5) is 0 Å². The Hall–Kier alpha value is -2.61. The zero-order valence-corrected chi connectivity index (χ0v) is 17.4. The first-order valence-electron chi connectivity index (χ1n) is 10.4. The van der Waals surface area contributed by atoms with Gasteiger partial charge in [-0.1, -0.05) is 67.1 Å². The number of amides is 1. The van der Waals surface area contributed by atoms with Crippen molar-refractivity contribution in [2.75, 3.05) is 19.8 Å². The van der Waals surface area contributed by atoms with Crippen molar-refractivity contribution >= 4 is 5.91 Å². The minimum absolute atomic E-state index is 0.0293. The van der Waals surface area contributed by atoms with E-state index in [4.69, 9.17) is 4.74 Å². The van der Waals surface area contributed by atoms with Gasteiger partial charge in [0.2, 0.25) is 5.91 Å². The first kappa shape index (κ1) is 22.7. The molecule has 2 N–H and O–H groups in total. The second kappa shape index (κ2) is 14.4. The first-order valence-corrected chi connectivity index (χ1v) is 10.4. The van der Waals surface area contributed by atoms with Crippen LogP contribution in [0.3, 0.4) is 0 Å². The number of hydrogen-bond acceptors (Lipinski definition) is 3. The standard InChI is InChI=1S/C25H32N2O2/c1-22(28)27-21-25-14-9-13-23(19-25)15-10-18-29-17-8-3-2-7-16-26-20-24-11-5-4-6-12-24/h4-6,9,11-14,19,26H,2-3,7-8,16-18,20-21H2,1H3,(H,27,28). The Morgan fingerprint density at radius 1 is 0.931 bits per heavy atom. The minimum Gasteiger partial charge on any atom is -0.369 e. The van der Waals surface area contributed by atoms with Gasteiger partial charge in [-0.15, -0.1) is 0 Å². The van der Waals surface area contributed by atoms with Crippen LogP contribution < -0.4 is 10.6 Å². The summed E-state index contributed by atoms with van der Waals surface area (Å²) in [5, 5.41) is 6.28. The zero-order valence-electron chi connectivity index (χ0n) is 17.4. The van der Waals surface area contributed by atoms with Gasteiger partial charge < -0.3 is 15.4 Å². The Balaban J connectivity index is 1.46. The summed E-state index contributed by atoms with van der Waals surface area (Å²) in [6, 6.07) is 18.4. The van der Waals surface area contributed by atoms with Gasteiger partial charge in [0, 0.05) is 32.2 Å². The molecule has 0 aromatic heterocycles. The quantitative estimate of drug-likeness (QED) is 0.423. The van der Waals surface area contributed by atoms with Gasteiger partial charge in [-0.05, 0) is 42.6 Å². The SMILES string of the molecule is CC(=O)NCc1cccc(C#CCOCCCCCCNCc2ccccc2)c1. The normalized spacial score (nSPS) is 10.2. The van der Waals surface area contributed by atoms with E-state index in [1.165, 1.54) is 31.7 Å². The highest BCUT2D eigenvalue weighted by atomic mass is 16.5. The molecule has 154 valence electrons. The van der Waals surface area contributed by atoms with Crippen LogP contribution in [-0.4, -0.2) is 25.7 Å². The Labute approximate surface area is 175 Å². The Morgan fingerprint density at radius 2 is 1.72 bits per heavy atom. The molecule has 0 spiro atoms. The molecule has 2 aromatic carbocycles. The third-order valence-corrected chi connectivity index (χ3v) is 4.44. The van der Waals surface area contributed by atoms with E-state index in [1.807, 2.05) is 30.3 Å². The van der Waals surface area contributed by atoms with Gasteiger partial charge in [0.25, 0.3) is 0 Å². The predicted octanol–water partition coefficient (Wildman–Crippen LogP) is 4.04. The molecule has 29 heavy (non-hydrogen) atoms. The van der Waals surface area contributed by atoms with Crippen molar-refractivity contribution in [2.24, 2.45) is 0 Å². The summed E-state index contributed by atoms with van der Waals surface area (Å²) < 4.78 is 5.60. The molecule has 0 bridgehead atoms. The summed E-state index contributed by atoms with van der Waals surface area (Å²) in [6.45, 7) is 5.26. The topological polar surface area (TPSA) is 50.4 Å². The maximum absolute atomic E-state index is 11.0. The Kier molecular flexibility index (Phi) is 11.3. The largest absolute Gasteiger partial charge is 0.369 e. The van der Waals surface area contributed by atoms with E-state index in [0.29, 0.717) is 13.2 Å². The minimum atomic E-state index is -0.0293. The summed E-state index contributed by atoms with van der Waals surface area (Å²) in [7, 11) is 0. The molecule has 0 fully saturated rings. The maximum Gasteiger partial charge on any atom is 0.217 e. The van der Waals surface area contributed by atoms with Crippen molar-refractivity contribution in [3.8, 4) is 11.8 Å². The lowest BCUT2D eigenvalue weighted by Crippen LogP contribution is -2.18. The van der Waals surface area contributed by atoms with Crippen LogP contribution in [0, 0.1) is 11.8 Å². The van der Waals surface area contributed by atoms with E-state index in [-0.39, 0.29) is 5.91 Å². The van der Waals surface area contributed by atoms with Crippen molar-refractivity contribution < 1.29 is 9.53 Å². The molecule has 1 amide bonds. The van der Waals surface area contributed by atoms with Crippen molar-refractivity contribution in [3.63, 3.8) is 0 Å². The van der Waals surface area contributed by atoms with E-state index in [1.54, 1.807) is 0 Å². The highest BCUT2D eigenvalue weighted by Crippen LogP contribution is 2.04. The van der Waals surface area contributed by atoms with Gasteiger partial charge in [-0.2, -0.15) is 0 Å². The highest BCUT2D eigenvalue weighted by Gasteiger charge is 1.96. The number of unbranched alkanes of at least 4 members (excludes halogenated alkanes) is 3. The highest BCUT2D eigenvalue weighted by molar-refractivity contribution is 5.72. The number of carbonyl (C=O) groups is 1. The molecule has 0 heterocycles. The maximum atomic E-state index is 11.0. The summed E-state index contributed by atoms with van der Waals surface area (Å²) >= 11 is 0. The number of ether oxygens (including phenoxy) is 1. The second-order valence-electron chi connectivity index (χ2n) is 7.04. The molecule has 4 nitrogen and oxygen atoms in total. The molecule has 0 saturated heterocycles. The molecule has 4 heteroatoms.